The van der Waals surface area contributed by atoms with Crippen LogP contribution in [0.5, 0.6) is 5.75 Å². The van der Waals surface area contributed by atoms with Gasteiger partial charge in [0.15, 0.2) is 0 Å². The fourth-order valence-electron chi connectivity index (χ4n) is 3.12. The van der Waals surface area contributed by atoms with Gasteiger partial charge in [0, 0.05) is 49.9 Å². The van der Waals surface area contributed by atoms with Gasteiger partial charge in [-0.1, -0.05) is 23.7 Å². The lowest BCUT2D eigenvalue weighted by Crippen LogP contribution is -2.47. The first-order valence-corrected chi connectivity index (χ1v) is 9.19. The second-order valence-corrected chi connectivity index (χ2v) is 6.74. The van der Waals surface area contributed by atoms with E-state index in [1.165, 1.54) is 0 Å². The first-order chi connectivity index (χ1) is 12.7. The molecule has 0 spiro atoms. The van der Waals surface area contributed by atoms with Crippen LogP contribution >= 0.6 is 11.6 Å². The number of anilines is 2. The predicted molar refractivity (Wildman–Crippen MR) is 106 cm³/mol. The lowest BCUT2D eigenvalue weighted by atomic mass is 10.2. The standard InChI is InChI=1S/C20H24ClN3O2/c1-26-19-5-3-2-4-18(19)24-14-12-23(13-15-24)11-10-20(25)22-17-8-6-16(21)7-9-17/h2-9H,10-15H2,1H3,(H,22,25). The smallest absolute Gasteiger partial charge is 0.225 e. The zero-order valence-electron chi connectivity index (χ0n) is 15.0. The Labute approximate surface area is 159 Å². The average Bonchev–Trinajstić information content (AvgIpc) is 2.68. The summed E-state index contributed by atoms with van der Waals surface area (Å²) in [7, 11) is 1.70. The summed E-state index contributed by atoms with van der Waals surface area (Å²) < 4.78 is 5.45. The van der Waals surface area contributed by atoms with Crippen LogP contribution in [-0.4, -0.2) is 50.6 Å². The molecule has 0 bridgehead atoms. The first-order valence-electron chi connectivity index (χ1n) is 8.81. The second kappa shape index (κ2) is 8.92. The average molecular weight is 374 g/mol. The van der Waals surface area contributed by atoms with Crippen molar-refractivity contribution in [3.63, 3.8) is 0 Å². The summed E-state index contributed by atoms with van der Waals surface area (Å²) in [5.41, 5.74) is 1.91. The fraction of sp³-hybridized carbons (Fsp3) is 0.350. The molecule has 1 amide bonds. The van der Waals surface area contributed by atoms with Crippen LogP contribution in [0.1, 0.15) is 6.42 Å². The highest BCUT2D eigenvalue weighted by molar-refractivity contribution is 6.30. The predicted octanol–water partition coefficient (Wildman–Crippen LogP) is 3.50. The van der Waals surface area contributed by atoms with E-state index in [0.717, 1.165) is 49.8 Å². The van der Waals surface area contributed by atoms with Gasteiger partial charge in [0.05, 0.1) is 12.8 Å². The molecule has 0 aliphatic carbocycles. The molecule has 0 radical (unpaired) electrons. The molecule has 5 nitrogen and oxygen atoms in total. The quantitative estimate of drug-likeness (QED) is 0.841. The molecule has 1 N–H and O–H groups in total. The van der Waals surface area contributed by atoms with E-state index in [4.69, 9.17) is 16.3 Å². The number of nitrogens with one attached hydrogen (secondary N) is 1. The summed E-state index contributed by atoms with van der Waals surface area (Å²) in [5.74, 6) is 0.933. The number of halogens is 1. The van der Waals surface area contributed by atoms with Crippen LogP contribution in [0.3, 0.4) is 0 Å². The Bertz CT molecular complexity index is 728. The zero-order chi connectivity index (χ0) is 18.4. The van der Waals surface area contributed by atoms with Gasteiger partial charge in [-0.2, -0.15) is 0 Å². The zero-order valence-corrected chi connectivity index (χ0v) is 15.7. The van der Waals surface area contributed by atoms with E-state index in [9.17, 15) is 4.79 Å². The van der Waals surface area contributed by atoms with Crippen molar-refractivity contribution in [2.45, 2.75) is 6.42 Å². The Morgan fingerprint density at radius 2 is 1.77 bits per heavy atom. The second-order valence-electron chi connectivity index (χ2n) is 6.31. The molecule has 2 aromatic rings. The largest absolute Gasteiger partial charge is 0.495 e. The molecule has 1 aliphatic heterocycles. The van der Waals surface area contributed by atoms with Crippen LogP contribution in [0.4, 0.5) is 11.4 Å². The molecule has 2 aromatic carbocycles. The Hall–Kier alpha value is -2.24. The molecule has 0 unspecified atom stereocenters. The minimum absolute atomic E-state index is 0.0273. The van der Waals surface area contributed by atoms with Crippen molar-refractivity contribution in [2.75, 3.05) is 50.1 Å². The highest BCUT2D eigenvalue weighted by Gasteiger charge is 2.19. The number of methoxy groups -OCH3 is 1. The van der Waals surface area contributed by atoms with Crippen molar-refractivity contribution in [3.05, 3.63) is 53.6 Å². The van der Waals surface area contributed by atoms with Gasteiger partial charge < -0.3 is 15.0 Å². The van der Waals surface area contributed by atoms with Crippen LogP contribution in [-0.2, 0) is 4.79 Å². The molecule has 26 heavy (non-hydrogen) atoms. The van der Waals surface area contributed by atoms with Crippen LogP contribution < -0.4 is 15.0 Å². The molecular weight excluding hydrogens is 350 g/mol. The number of hydrogen-bond donors (Lipinski definition) is 1. The van der Waals surface area contributed by atoms with Crippen LogP contribution in [0.25, 0.3) is 0 Å². The fourth-order valence-corrected chi connectivity index (χ4v) is 3.25. The van der Waals surface area contributed by atoms with Crippen molar-refractivity contribution >= 4 is 28.9 Å². The number of amides is 1. The Morgan fingerprint density at radius 3 is 2.46 bits per heavy atom. The third-order valence-electron chi connectivity index (χ3n) is 4.58. The van der Waals surface area contributed by atoms with Crippen LogP contribution in [0.2, 0.25) is 5.02 Å². The summed E-state index contributed by atoms with van der Waals surface area (Å²) in [5, 5.41) is 3.57. The minimum atomic E-state index is 0.0273. The van der Waals surface area contributed by atoms with Gasteiger partial charge in [-0.3, -0.25) is 9.69 Å². The molecule has 1 heterocycles. The van der Waals surface area contributed by atoms with Crippen LogP contribution in [0.15, 0.2) is 48.5 Å². The maximum atomic E-state index is 12.1. The molecular formula is C20H24ClN3O2. The number of hydrogen-bond acceptors (Lipinski definition) is 4. The molecule has 6 heteroatoms. The summed E-state index contributed by atoms with van der Waals surface area (Å²) >= 11 is 5.85. The van der Waals surface area contributed by atoms with E-state index in [1.807, 2.05) is 30.3 Å². The van der Waals surface area contributed by atoms with E-state index in [-0.39, 0.29) is 5.91 Å². The molecule has 3 rings (SSSR count). The number of para-hydroxylation sites is 2. The number of rotatable bonds is 6. The number of carbonyl (C=O) groups excluding carboxylic acids is 1. The summed E-state index contributed by atoms with van der Waals surface area (Å²) in [6.45, 7) is 4.50. The molecule has 1 fully saturated rings. The summed E-state index contributed by atoms with van der Waals surface area (Å²) in [6.07, 6.45) is 0.483. The lowest BCUT2D eigenvalue weighted by molar-refractivity contribution is -0.116. The monoisotopic (exact) mass is 373 g/mol. The topological polar surface area (TPSA) is 44.8 Å². The van der Waals surface area contributed by atoms with Gasteiger partial charge in [-0.15, -0.1) is 0 Å². The number of benzene rings is 2. The van der Waals surface area contributed by atoms with Gasteiger partial charge in [0.2, 0.25) is 5.91 Å². The Kier molecular flexibility index (Phi) is 6.36. The summed E-state index contributed by atoms with van der Waals surface area (Å²) in [4.78, 5) is 16.8. The third-order valence-corrected chi connectivity index (χ3v) is 4.83. The van der Waals surface area contributed by atoms with Crippen molar-refractivity contribution in [3.8, 4) is 5.75 Å². The van der Waals surface area contributed by atoms with Crippen molar-refractivity contribution in [2.24, 2.45) is 0 Å². The maximum Gasteiger partial charge on any atom is 0.225 e. The SMILES string of the molecule is COc1ccccc1N1CCN(CCC(=O)Nc2ccc(Cl)cc2)CC1. The molecule has 1 saturated heterocycles. The van der Waals surface area contributed by atoms with E-state index in [1.54, 1.807) is 19.2 Å². The number of nitrogens with zero attached hydrogens (tertiary/aromatic N) is 2. The highest BCUT2D eigenvalue weighted by Crippen LogP contribution is 2.28. The number of carbonyl (C=O) groups is 1. The first kappa shape index (κ1) is 18.5. The third kappa shape index (κ3) is 4.90. The van der Waals surface area contributed by atoms with E-state index < -0.39 is 0 Å². The minimum Gasteiger partial charge on any atom is -0.495 e. The molecule has 0 saturated carbocycles. The molecule has 138 valence electrons. The van der Waals surface area contributed by atoms with Gasteiger partial charge in [0.25, 0.3) is 0 Å². The van der Waals surface area contributed by atoms with Gasteiger partial charge in [-0.25, -0.2) is 0 Å². The van der Waals surface area contributed by atoms with Gasteiger partial charge in [0.1, 0.15) is 5.75 Å². The molecule has 0 atom stereocenters. The lowest BCUT2D eigenvalue weighted by Gasteiger charge is -2.36. The highest BCUT2D eigenvalue weighted by atomic mass is 35.5. The van der Waals surface area contributed by atoms with Crippen LogP contribution in [0, 0.1) is 0 Å². The van der Waals surface area contributed by atoms with Gasteiger partial charge in [-0.05, 0) is 36.4 Å². The molecule has 1 aliphatic rings. The summed E-state index contributed by atoms with van der Waals surface area (Å²) in [6, 6.07) is 15.3. The van der Waals surface area contributed by atoms with Crippen molar-refractivity contribution < 1.29 is 9.53 Å². The Balaban J connectivity index is 1.44. The van der Waals surface area contributed by atoms with Crippen molar-refractivity contribution in [1.29, 1.82) is 0 Å². The van der Waals surface area contributed by atoms with Gasteiger partial charge >= 0.3 is 0 Å². The Morgan fingerprint density at radius 1 is 1.08 bits per heavy atom. The van der Waals surface area contributed by atoms with E-state index in [0.29, 0.717) is 11.4 Å². The van der Waals surface area contributed by atoms with E-state index >= 15 is 0 Å². The van der Waals surface area contributed by atoms with E-state index in [2.05, 4.69) is 21.2 Å². The normalized spacial score (nSPS) is 14.9. The number of piperazine rings is 1. The van der Waals surface area contributed by atoms with Crippen molar-refractivity contribution in [1.82, 2.24) is 4.90 Å². The maximum absolute atomic E-state index is 12.1. The number of ether oxygens (including phenoxy) is 1. The molecule has 0 aromatic heterocycles.